The zero-order valence-electron chi connectivity index (χ0n) is 16.6. The molecule has 1 N–H and O–H groups in total. The van der Waals surface area contributed by atoms with Crippen LogP contribution in [-0.4, -0.2) is 36.0 Å². The summed E-state index contributed by atoms with van der Waals surface area (Å²) in [5.41, 5.74) is 4.03. The van der Waals surface area contributed by atoms with Crippen molar-refractivity contribution in [3.63, 3.8) is 0 Å². The second-order valence-electron chi connectivity index (χ2n) is 5.95. The van der Waals surface area contributed by atoms with Crippen molar-refractivity contribution in [2.75, 3.05) is 19.0 Å². The monoisotopic (exact) mass is 429 g/mol. The summed E-state index contributed by atoms with van der Waals surface area (Å²) in [5, 5.41) is 14.8. The fraction of sp³-hybridized carbons (Fsp3) is 0.238. The molecule has 0 saturated carbocycles. The summed E-state index contributed by atoms with van der Waals surface area (Å²) in [6.07, 6.45) is 3.17. The van der Waals surface area contributed by atoms with Crippen LogP contribution in [-0.2, 0) is 10.5 Å². The molecule has 0 fully saturated rings. The van der Waals surface area contributed by atoms with E-state index in [0.717, 1.165) is 11.1 Å². The average Bonchev–Trinajstić information content (AvgIpc) is 2.73. The largest absolute Gasteiger partial charge is 0.490 e. The molecule has 0 aliphatic carbocycles. The van der Waals surface area contributed by atoms with Crippen molar-refractivity contribution in [3.05, 3.63) is 76.4 Å². The average molecular weight is 429 g/mol. The highest BCUT2D eigenvalue weighted by Gasteiger charge is 2.07. The molecule has 0 bridgehead atoms. The quantitative estimate of drug-likeness (QED) is 0.237. The SMILES string of the molecule is C=CCOc1ccc(/C=N\NC(=O)CSCc2cccc([N+](=O)[O-])c2)cc1OCC. The minimum absolute atomic E-state index is 0.0366. The molecule has 2 rings (SSSR count). The topological polar surface area (TPSA) is 103 Å². The number of rotatable bonds is 12. The standard InChI is InChI=1S/C21H23N3O5S/c1-3-10-29-19-9-8-16(12-20(19)28-4-2)13-22-23-21(25)15-30-14-17-6-5-7-18(11-17)24(26)27/h3,5-9,11-13H,1,4,10,14-15H2,2H3,(H,23,25)/b22-13-. The maximum Gasteiger partial charge on any atom is 0.269 e. The lowest BCUT2D eigenvalue weighted by atomic mass is 10.2. The Morgan fingerprint density at radius 3 is 2.83 bits per heavy atom. The molecular weight excluding hydrogens is 406 g/mol. The van der Waals surface area contributed by atoms with E-state index in [1.54, 1.807) is 36.4 Å². The second-order valence-corrected chi connectivity index (χ2v) is 6.94. The summed E-state index contributed by atoms with van der Waals surface area (Å²) >= 11 is 1.35. The molecule has 0 saturated heterocycles. The molecule has 0 heterocycles. The maximum atomic E-state index is 11.9. The molecule has 0 spiro atoms. The number of nitro groups is 1. The van der Waals surface area contributed by atoms with Gasteiger partial charge >= 0.3 is 0 Å². The van der Waals surface area contributed by atoms with Gasteiger partial charge in [0.2, 0.25) is 5.91 Å². The van der Waals surface area contributed by atoms with Crippen molar-refractivity contribution in [1.29, 1.82) is 0 Å². The van der Waals surface area contributed by atoms with Gasteiger partial charge in [0, 0.05) is 17.9 Å². The van der Waals surface area contributed by atoms with E-state index in [2.05, 4.69) is 17.1 Å². The number of nitro benzene ring substituents is 1. The van der Waals surface area contributed by atoms with E-state index in [0.29, 0.717) is 30.5 Å². The zero-order chi connectivity index (χ0) is 21.8. The molecule has 0 aliphatic heterocycles. The molecule has 158 valence electrons. The first kappa shape index (κ1) is 23.0. The van der Waals surface area contributed by atoms with E-state index in [1.165, 1.54) is 30.1 Å². The molecule has 1 amide bonds. The van der Waals surface area contributed by atoms with Crippen molar-refractivity contribution in [1.82, 2.24) is 5.43 Å². The molecule has 30 heavy (non-hydrogen) atoms. The van der Waals surface area contributed by atoms with Crippen LogP contribution in [0.25, 0.3) is 0 Å². The highest BCUT2D eigenvalue weighted by atomic mass is 32.2. The van der Waals surface area contributed by atoms with Gasteiger partial charge in [-0.2, -0.15) is 5.10 Å². The van der Waals surface area contributed by atoms with Crippen LogP contribution in [0.3, 0.4) is 0 Å². The third-order valence-electron chi connectivity index (χ3n) is 3.65. The van der Waals surface area contributed by atoms with Crippen LogP contribution < -0.4 is 14.9 Å². The van der Waals surface area contributed by atoms with Crippen molar-refractivity contribution in [3.8, 4) is 11.5 Å². The molecule has 8 nitrogen and oxygen atoms in total. The van der Waals surface area contributed by atoms with Crippen LogP contribution >= 0.6 is 11.8 Å². The lowest BCUT2D eigenvalue weighted by Crippen LogP contribution is -2.19. The fourth-order valence-electron chi connectivity index (χ4n) is 2.37. The van der Waals surface area contributed by atoms with Crippen LogP contribution in [0, 0.1) is 10.1 Å². The number of hydrogen-bond acceptors (Lipinski definition) is 7. The number of hydrazone groups is 1. The zero-order valence-corrected chi connectivity index (χ0v) is 17.4. The highest BCUT2D eigenvalue weighted by molar-refractivity contribution is 7.99. The summed E-state index contributed by atoms with van der Waals surface area (Å²) in [6.45, 7) is 6.36. The van der Waals surface area contributed by atoms with Crippen LogP contribution in [0.15, 0.2) is 60.2 Å². The Morgan fingerprint density at radius 2 is 2.10 bits per heavy atom. The summed E-state index contributed by atoms with van der Waals surface area (Å²) in [6, 6.07) is 11.7. The van der Waals surface area contributed by atoms with Gasteiger partial charge in [0.15, 0.2) is 11.5 Å². The highest BCUT2D eigenvalue weighted by Crippen LogP contribution is 2.28. The predicted octanol–water partition coefficient (Wildman–Crippen LogP) is 3.94. The minimum atomic E-state index is -0.440. The van der Waals surface area contributed by atoms with Gasteiger partial charge < -0.3 is 9.47 Å². The Kier molecular flexibility index (Phi) is 9.39. The Balaban J connectivity index is 1.83. The van der Waals surface area contributed by atoms with Crippen molar-refractivity contribution in [2.45, 2.75) is 12.7 Å². The van der Waals surface area contributed by atoms with Gasteiger partial charge in [-0.3, -0.25) is 14.9 Å². The van der Waals surface area contributed by atoms with E-state index in [-0.39, 0.29) is 17.3 Å². The number of nitrogens with one attached hydrogen (secondary N) is 1. The first-order valence-electron chi connectivity index (χ1n) is 9.17. The number of carbonyl (C=O) groups is 1. The van der Waals surface area contributed by atoms with E-state index >= 15 is 0 Å². The number of benzene rings is 2. The lowest BCUT2D eigenvalue weighted by Gasteiger charge is -2.11. The van der Waals surface area contributed by atoms with Gasteiger partial charge in [-0.1, -0.05) is 24.8 Å². The van der Waals surface area contributed by atoms with E-state index in [9.17, 15) is 14.9 Å². The molecule has 0 aromatic heterocycles. The molecule has 0 aliphatic rings. The Morgan fingerprint density at radius 1 is 1.27 bits per heavy atom. The minimum Gasteiger partial charge on any atom is -0.490 e. The van der Waals surface area contributed by atoms with Gasteiger partial charge in [-0.05, 0) is 36.2 Å². The number of thioether (sulfide) groups is 1. The van der Waals surface area contributed by atoms with Crippen molar-refractivity contribution < 1.29 is 19.2 Å². The van der Waals surface area contributed by atoms with Crippen molar-refractivity contribution >= 4 is 29.6 Å². The number of non-ortho nitro benzene ring substituents is 1. The number of carbonyl (C=O) groups excluding carboxylic acids is 1. The smallest absolute Gasteiger partial charge is 0.269 e. The fourth-order valence-corrected chi connectivity index (χ4v) is 3.14. The number of ether oxygens (including phenoxy) is 2. The molecule has 2 aromatic carbocycles. The van der Waals surface area contributed by atoms with Crippen LogP contribution in [0.1, 0.15) is 18.1 Å². The van der Waals surface area contributed by atoms with E-state index in [1.807, 2.05) is 6.92 Å². The normalized spacial score (nSPS) is 10.6. The summed E-state index contributed by atoms with van der Waals surface area (Å²) in [5.74, 6) is 1.59. The molecular formula is C21H23N3O5S. The summed E-state index contributed by atoms with van der Waals surface area (Å²) in [7, 11) is 0. The predicted molar refractivity (Wildman–Crippen MR) is 118 cm³/mol. The third-order valence-corrected chi connectivity index (χ3v) is 4.65. The van der Waals surface area contributed by atoms with E-state index < -0.39 is 4.92 Å². The van der Waals surface area contributed by atoms with Crippen molar-refractivity contribution in [2.24, 2.45) is 5.10 Å². The Bertz CT molecular complexity index is 917. The second kappa shape index (κ2) is 12.3. The van der Waals surface area contributed by atoms with E-state index in [4.69, 9.17) is 9.47 Å². The lowest BCUT2D eigenvalue weighted by molar-refractivity contribution is -0.384. The number of nitrogens with zero attached hydrogens (tertiary/aromatic N) is 2. The van der Waals surface area contributed by atoms with Gasteiger partial charge in [0.25, 0.3) is 5.69 Å². The molecule has 2 aromatic rings. The van der Waals surface area contributed by atoms with Crippen LogP contribution in [0.5, 0.6) is 11.5 Å². The number of amides is 1. The van der Waals surface area contributed by atoms with Crippen LogP contribution in [0.4, 0.5) is 5.69 Å². The molecule has 0 atom stereocenters. The third kappa shape index (κ3) is 7.59. The maximum absolute atomic E-state index is 11.9. The summed E-state index contributed by atoms with van der Waals surface area (Å²) in [4.78, 5) is 22.3. The first-order valence-corrected chi connectivity index (χ1v) is 10.3. The summed E-state index contributed by atoms with van der Waals surface area (Å²) < 4.78 is 11.1. The Labute approximate surface area is 179 Å². The Hall–Kier alpha value is -3.33. The molecule has 0 unspecified atom stereocenters. The van der Waals surface area contributed by atoms with Crippen LogP contribution in [0.2, 0.25) is 0 Å². The van der Waals surface area contributed by atoms with Gasteiger partial charge in [0.05, 0.1) is 23.5 Å². The molecule has 9 heteroatoms. The number of hydrogen-bond donors (Lipinski definition) is 1. The molecule has 0 radical (unpaired) electrons. The first-order chi connectivity index (χ1) is 14.5. The van der Waals surface area contributed by atoms with Gasteiger partial charge in [-0.15, -0.1) is 11.8 Å². The van der Waals surface area contributed by atoms with Gasteiger partial charge in [0.1, 0.15) is 6.61 Å². The van der Waals surface area contributed by atoms with Gasteiger partial charge in [-0.25, -0.2) is 5.43 Å².